The second-order valence-corrected chi connectivity index (χ2v) is 5.13. The Hall–Kier alpha value is -2.12. The summed E-state index contributed by atoms with van der Waals surface area (Å²) < 4.78 is 18.3. The normalized spacial score (nSPS) is 10.4. The summed E-state index contributed by atoms with van der Waals surface area (Å²) in [6.07, 6.45) is 0. The molecule has 5 nitrogen and oxygen atoms in total. The zero-order valence-corrected chi connectivity index (χ0v) is 11.9. The Balaban J connectivity index is 2.50. The molecule has 0 amide bonds. The summed E-state index contributed by atoms with van der Waals surface area (Å²) in [6.45, 7) is -0.326. The van der Waals surface area contributed by atoms with Crippen LogP contribution in [-0.2, 0) is 6.61 Å². The summed E-state index contributed by atoms with van der Waals surface area (Å²) in [6, 6.07) is 8.41. The number of methoxy groups -OCH3 is 1. The maximum atomic E-state index is 13.2. The minimum Gasteiger partial charge on any atom is -0.495 e. The molecule has 2 rings (SSSR count). The second-order valence-electron chi connectivity index (χ2n) is 4.08. The van der Waals surface area contributed by atoms with E-state index in [1.165, 1.54) is 37.4 Å². The molecule has 0 bridgehead atoms. The van der Waals surface area contributed by atoms with Gasteiger partial charge in [0.05, 0.1) is 28.4 Å². The molecule has 1 N–H and O–H groups in total. The minimum atomic E-state index is -0.516. The maximum Gasteiger partial charge on any atom is 0.283 e. The number of nitro benzene ring substituents is 1. The third-order valence-corrected chi connectivity index (χ3v) is 4.01. The van der Waals surface area contributed by atoms with Crippen molar-refractivity contribution in [1.82, 2.24) is 0 Å². The summed E-state index contributed by atoms with van der Waals surface area (Å²) in [5, 5.41) is 20.5. The standard InChI is InChI=1S/C14H12FNO4S/c1-20-12-7-10(15)5-6-13(12)21-14-9(8-17)3-2-4-11(14)16(18)19/h2-7,17H,8H2,1H3. The SMILES string of the molecule is COc1cc(F)ccc1Sc1c(CO)cccc1[N+](=O)[O-]. The number of ether oxygens (including phenoxy) is 1. The van der Waals surface area contributed by atoms with Gasteiger partial charge in [0.25, 0.3) is 5.69 Å². The molecular formula is C14H12FNO4S. The highest BCUT2D eigenvalue weighted by atomic mass is 32.2. The van der Waals surface area contributed by atoms with Gasteiger partial charge in [-0.3, -0.25) is 10.1 Å². The predicted octanol–water partition coefficient (Wildman–Crippen LogP) is 3.39. The summed E-state index contributed by atoms with van der Waals surface area (Å²) in [5.74, 6) is -0.178. The van der Waals surface area contributed by atoms with Crippen molar-refractivity contribution >= 4 is 17.4 Å². The Morgan fingerprint density at radius 2 is 2.14 bits per heavy atom. The van der Waals surface area contributed by atoms with E-state index in [4.69, 9.17) is 4.74 Å². The van der Waals surface area contributed by atoms with E-state index in [2.05, 4.69) is 0 Å². The van der Waals surface area contributed by atoms with Gasteiger partial charge in [-0.2, -0.15) is 0 Å². The predicted molar refractivity (Wildman–Crippen MR) is 76.1 cm³/mol. The molecule has 0 radical (unpaired) electrons. The van der Waals surface area contributed by atoms with Gasteiger partial charge in [0.15, 0.2) is 0 Å². The largest absolute Gasteiger partial charge is 0.495 e. The van der Waals surface area contributed by atoms with Gasteiger partial charge >= 0.3 is 0 Å². The van der Waals surface area contributed by atoms with Crippen molar-refractivity contribution in [3.63, 3.8) is 0 Å². The lowest BCUT2D eigenvalue weighted by molar-refractivity contribution is -0.387. The van der Waals surface area contributed by atoms with Crippen LogP contribution in [0.15, 0.2) is 46.2 Å². The van der Waals surface area contributed by atoms with Crippen LogP contribution in [0.2, 0.25) is 0 Å². The van der Waals surface area contributed by atoms with Gasteiger partial charge in [-0.15, -0.1) is 0 Å². The van der Waals surface area contributed by atoms with Crippen LogP contribution in [0.1, 0.15) is 5.56 Å². The Labute approximate surface area is 124 Å². The van der Waals surface area contributed by atoms with Crippen LogP contribution < -0.4 is 4.74 Å². The van der Waals surface area contributed by atoms with E-state index in [1.54, 1.807) is 6.07 Å². The van der Waals surface area contributed by atoms with Gasteiger partial charge in [-0.05, 0) is 17.7 Å². The fraction of sp³-hybridized carbons (Fsp3) is 0.143. The van der Waals surface area contributed by atoms with E-state index in [0.717, 1.165) is 11.8 Å². The molecule has 110 valence electrons. The molecule has 0 unspecified atom stereocenters. The van der Waals surface area contributed by atoms with Crippen LogP contribution in [0.3, 0.4) is 0 Å². The molecule has 0 fully saturated rings. The number of benzene rings is 2. The first-order chi connectivity index (χ1) is 10.1. The first kappa shape index (κ1) is 15.3. The first-order valence-corrected chi connectivity index (χ1v) is 6.77. The molecule has 0 aliphatic rings. The fourth-order valence-corrected chi connectivity index (χ4v) is 2.90. The zero-order chi connectivity index (χ0) is 15.4. The highest BCUT2D eigenvalue weighted by Crippen LogP contribution is 2.41. The van der Waals surface area contributed by atoms with E-state index in [1.807, 2.05) is 0 Å². The third-order valence-electron chi connectivity index (χ3n) is 2.78. The molecule has 0 saturated heterocycles. The smallest absolute Gasteiger partial charge is 0.283 e. The van der Waals surface area contributed by atoms with E-state index in [-0.39, 0.29) is 18.0 Å². The number of hydrogen-bond acceptors (Lipinski definition) is 5. The molecule has 21 heavy (non-hydrogen) atoms. The van der Waals surface area contributed by atoms with Gasteiger partial charge in [0.2, 0.25) is 0 Å². The van der Waals surface area contributed by atoms with Crippen LogP contribution in [0, 0.1) is 15.9 Å². The van der Waals surface area contributed by atoms with Crippen molar-refractivity contribution < 1.29 is 19.2 Å². The van der Waals surface area contributed by atoms with E-state index in [0.29, 0.717) is 15.4 Å². The van der Waals surface area contributed by atoms with E-state index < -0.39 is 10.7 Å². The van der Waals surface area contributed by atoms with E-state index in [9.17, 15) is 19.6 Å². The summed E-state index contributed by atoms with van der Waals surface area (Å²) >= 11 is 1.06. The Morgan fingerprint density at radius 1 is 1.38 bits per heavy atom. The molecule has 0 aliphatic heterocycles. The first-order valence-electron chi connectivity index (χ1n) is 5.95. The Bertz CT molecular complexity index is 678. The molecule has 2 aromatic carbocycles. The van der Waals surface area contributed by atoms with Crippen LogP contribution in [0.4, 0.5) is 10.1 Å². The summed E-state index contributed by atoms with van der Waals surface area (Å²) in [4.78, 5) is 11.4. The van der Waals surface area contributed by atoms with Gasteiger partial charge in [-0.1, -0.05) is 23.9 Å². The number of nitrogens with zero attached hydrogens (tertiary/aromatic N) is 1. The van der Waals surface area contributed by atoms with Gasteiger partial charge in [0.1, 0.15) is 11.6 Å². The molecule has 0 aliphatic carbocycles. The van der Waals surface area contributed by atoms with Crippen molar-refractivity contribution in [2.24, 2.45) is 0 Å². The lowest BCUT2D eigenvalue weighted by atomic mass is 10.2. The van der Waals surface area contributed by atoms with Crippen molar-refractivity contribution in [2.45, 2.75) is 16.4 Å². The number of halogens is 1. The summed E-state index contributed by atoms with van der Waals surface area (Å²) in [7, 11) is 1.39. The average molecular weight is 309 g/mol. The molecule has 0 spiro atoms. The average Bonchev–Trinajstić information content (AvgIpc) is 2.48. The third kappa shape index (κ3) is 3.32. The Morgan fingerprint density at radius 3 is 2.76 bits per heavy atom. The quantitative estimate of drug-likeness (QED) is 0.677. The number of aliphatic hydroxyl groups excluding tert-OH is 1. The van der Waals surface area contributed by atoms with Gasteiger partial charge in [0, 0.05) is 12.1 Å². The topological polar surface area (TPSA) is 72.6 Å². The number of rotatable bonds is 5. The lowest BCUT2D eigenvalue weighted by Crippen LogP contribution is -1.96. The van der Waals surface area contributed by atoms with Crippen LogP contribution in [0.5, 0.6) is 5.75 Å². The van der Waals surface area contributed by atoms with Gasteiger partial charge < -0.3 is 9.84 Å². The van der Waals surface area contributed by atoms with Crippen LogP contribution in [0.25, 0.3) is 0 Å². The van der Waals surface area contributed by atoms with Crippen molar-refractivity contribution in [1.29, 1.82) is 0 Å². The highest BCUT2D eigenvalue weighted by Gasteiger charge is 2.20. The monoisotopic (exact) mass is 309 g/mol. The minimum absolute atomic E-state index is 0.113. The fourth-order valence-electron chi connectivity index (χ4n) is 1.79. The zero-order valence-electron chi connectivity index (χ0n) is 11.1. The highest BCUT2D eigenvalue weighted by molar-refractivity contribution is 7.99. The van der Waals surface area contributed by atoms with Crippen LogP contribution in [-0.4, -0.2) is 17.1 Å². The second kappa shape index (κ2) is 6.55. The number of nitro groups is 1. The number of aliphatic hydroxyl groups is 1. The van der Waals surface area contributed by atoms with Gasteiger partial charge in [-0.25, -0.2) is 4.39 Å². The number of hydrogen-bond donors (Lipinski definition) is 1. The van der Waals surface area contributed by atoms with Crippen molar-refractivity contribution in [3.05, 3.63) is 57.9 Å². The molecule has 0 atom stereocenters. The van der Waals surface area contributed by atoms with Crippen molar-refractivity contribution in [3.8, 4) is 5.75 Å². The molecule has 7 heteroatoms. The molecule has 0 heterocycles. The van der Waals surface area contributed by atoms with Crippen LogP contribution >= 0.6 is 11.8 Å². The summed E-state index contributed by atoms with van der Waals surface area (Å²) in [5.41, 5.74) is 0.318. The molecule has 2 aromatic rings. The molecule has 0 aromatic heterocycles. The maximum absolute atomic E-state index is 13.2. The Kier molecular flexibility index (Phi) is 4.77. The van der Waals surface area contributed by atoms with E-state index >= 15 is 0 Å². The molecule has 0 saturated carbocycles. The van der Waals surface area contributed by atoms with Crippen molar-refractivity contribution in [2.75, 3.05) is 7.11 Å². The molecular weight excluding hydrogens is 297 g/mol. The lowest BCUT2D eigenvalue weighted by Gasteiger charge is -2.11.